The first-order chi connectivity index (χ1) is 16.1. The summed E-state index contributed by atoms with van der Waals surface area (Å²) in [5.74, 6) is 0.509. The highest BCUT2D eigenvalue weighted by Crippen LogP contribution is 2.38. The van der Waals surface area contributed by atoms with Gasteiger partial charge in [0.05, 0.1) is 11.1 Å². The van der Waals surface area contributed by atoms with Crippen LogP contribution >= 0.6 is 0 Å². The number of nitrogens with one attached hydrogen (secondary N) is 1. The zero-order chi connectivity index (χ0) is 24.6. The number of alkyl halides is 3. The molecule has 8 heteroatoms. The molecule has 1 aromatic heterocycles. The fourth-order valence-electron chi connectivity index (χ4n) is 5.75. The topological polar surface area (TPSA) is 48.5 Å². The van der Waals surface area contributed by atoms with Crippen LogP contribution in [0.3, 0.4) is 0 Å². The van der Waals surface area contributed by atoms with Gasteiger partial charge in [0.15, 0.2) is 0 Å². The van der Waals surface area contributed by atoms with Crippen molar-refractivity contribution in [3.63, 3.8) is 0 Å². The molecule has 0 bridgehead atoms. The minimum absolute atomic E-state index is 0.0519. The van der Waals surface area contributed by atoms with Crippen LogP contribution in [-0.4, -0.2) is 58.5 Å². The molecule has 4 rings (SSSR count). The lowest BCUT2D eigenvalue weighted by Gasteiger charge is -2.44. The van der Waals surface area contributed by atoms with E-state index in [0.29, 0.717) is 42.0 Å². The third-order valence-corrected chi connectivity index (χ3v) is 7.88. The number of likely N-dealkylation sites (tertiary alicyclic amines) is 1. The summed E-state index contributed by atoms with van der Waals surface area (Å²) >= 11 is 0. The van der Waals surface area contributed by atoms with E-state index in [-0.39, 0.29) is 17.5 Å². The first-order valence-corrected chi connectivity index (χ1v) is 12.4. The van der Waals surface area contributed by atoms with Crippen LogP contribution in [0.4, 0.5) is 18.9 Å². The van der Waals surface area contributed by atoms with Crippen LogP contribution in [0.5, 0.6) is 0 Å². The van der Waals surface area contributed by atoms with E-state index in [1.54, 1.807) is 12.1 Å². The van der Waals surface area contributed by atoms with E-state index in [9.17, 15) is 18.0 Å². The molecule has 2 aliphatic rings. The number of fused-ring (bicyclic) bond motifs is 1. The van der Waals surface area contributed by atoms with E-state index in [2.05, 4.69) is 43.0 Å². The summed E-state index contributed by atoms with van der Waals surface area (Å²) in [4.78, 5) is 21.9. The van der Waals surface area contributed by atoms with Crippen molar-refractivity contribution in [3.05, 3.63) is 36.0 Å². The Labute approximate surface area is 199 Å². The summed E-state index contributed by atoms with van der Waals surface area (Å²) in [6.07, 6.45) is 1.72. The predicted molar refractivity (Wildman–Crippen MR) is 129 cm³/mol. The number of carbonyl (C=O) groups is 1. The Morgan fingerprint density at radius 2 is 1.97 bits per heavy atom. The smallest absolute Gasteiger partial charge is 0.373 e. The van der Waals surface area contributed by atoms with Crippen LogP contribution in [-0.2, 0) is 11.0 Å². The number of amides is 1. The van der Waals surface area contributed by atoms with E-state index in [0.717, 1.165) is 31.7 Å². The van der Waals surface area contributed by atoms with Crippen molar-refractivity contribution in [1.82, 2.24) is 14.8 Å². The van der Waals surface area contributed by atoms with E-state index < -0.39 is 17.8 Å². The molecule has 1 N–H and O–H groups in total. The summed E-state index contributed by atoms with van der Waals surface area (Å²) in [5, 5.41) is 3.63. The normalized spacial score (nSPS) is 26.1. The van der Waals surface area contributed by atoms with Crippen LogP contribution in [0.15, 0.2) is 30.5 Å². The van der Waals surface area contributed by atoms with Gasteiger partial charge in [-0.2, -0.15) is 13.2 Å². The van der Waals surface area contributed by atoms with E-state index in [1.165, 1.54) is 12.3 Å². The average Bonchev–Trinajstić information content (AvgIpc) is 3.17. The van der Waals surface area contributed by atoms with Crippen LogP contribution in [0.25, 0.3) is 10.9 Å². The predicted octanol–water partition coefficient (Wildman–Crippen LogP) is 5.55. The summed E-state index contributed by atoms with van der Waals surface area (Å²) in [5.41, 5.74) is -0.339. The molecule has 0 spiro atoms. The second kappa shape index (κ2) is 9.72. The molecule has 2 heterocycles. The van der Waals surface area contributed by atoms with Gasteiger partial charge in [-0.25, -0.2) is 0 Å². The van der Waals surface area contributed by atoms with E-state index in [1.807, 2.05) is 4.90 Å². The van der Waals surface area contributed by atoms with E-state index >= 15 is 0 Å². The SMILES string of the molecule is CC[C@H]1C[C@H](N(C)C(C)C)CC[C@@H]1N1CC[C@H](Nc2ccnc3c(C(F)(F)F)cccc23)C1=O. The molecule has 1 amide bonds. The number of aromatic nitrogens is 1. The third kappa shape index (κ3) is 4.74. The van der Waals surface area contributed by atoms with Crippen molar-refractivity contribution < 1.29 is 18.0 Å². The largest absolute Gasteiger partial charge is 0.418 e. The highest BCUT2D eigenvalue weighted by molar-refractivity contribution is 5.96. The number of anilines is 1. The molecular formula is C26H35F3N4O. The quantitative estimate of drug-likeness (QED) is 0.594. The van der Waals surface area contributed by atoms with Crippen molar-refractivity contribution in [2.24, 2.45) is 5.92 Å². The van der Waals surface area contributed by atoms with E-state index in [4.69, 9.17) is 0 Å². The first-order valence-electron chi connectivity index (χ1n) is 12.4. The fraction of sp³-hybridized carbons (Fsp3) is 0.615. The summed E-state index contributed by atoms with van der Waals surface area (Å²) in [6, 6.07) is 6.53. The standard InChI is InChI=1S/C26H35F3N4O/c1-5-17-15-18(32(4)16(2)3)9-10-23(17)33-14-12-22(25(33)34)31-21-11-13-30-24-19(21)7-6-8-20(24)26(27,28)29/h6-8,11,13,16-18,22-23H,5,9-10,12,14-15H2,1-4H3,(H,30,31)/t17-,18+,22-,23-/m0/s1. The molecule has 2 fully saturated rings. The molecule has 186 valence electrons. The molecule has 0 radical (unpaired) electrons. The minimum atomic E-state index is -4.48. The molecular weight excluding hydrogens is 441 g/mol. The number of benzene rings is 1. The van der Waals surface area contributed by atoms with Gasteiger partial charge >= 0.3 is 6.18 Å². The van der Waals surface area contributed by atoms with Gasteiger partial charge in [0.1, 0.15) is 6.04 Å². The molecule has 5 nitrogen and oxygen atoms in total. The van der Waals surface area contributed by atoms with Gasteiger partial charge < -0.3 is 15.1 Å². The Morgan fingerprint density at radius 1 is 1.21 bits per heavy atom. The Morgan fingerprint density at radius 3 is 2.65 bits per heavy atom. The maximum atomic E-state index is 13.4. The van der Waals surface area contributed by atoms with Crippen molar-refractivity contribution in [2.75, 3.05) is 18.9 Å². The molecule has 1 aromatic carbocycles. The second-order valence-corrected chi connectivity index (χ2v) is 10.0. The number of nitrogens with zero attached hydrogens (tertiary/aromatic N) is 3. The van der Waals surface area contributed by atoms with Crippen LogP contribution in [0.2, 0.25) is 0 Å². The van der Waals surface area contributed by atoms with Gasteiger partial charge in [0.2, 0.25) is 5.91 Å². The molecule has 34 heavy (non-hydrogen) atoms. The number of hydrogen-bond acceptors (Lipinski definition) is 4. The van der Waals surface area contributed by atoms with Crippen LogP contribution in [0, 0.1) is 5.92 Å². The lowest BCUT2D eigenvalue weighted by atomic mass is 9.78. The zero-order valence-corrected chi connectivity index (χ0v) is 20.4. The van der Waals surface area contributed by atoms with Crippen LogP contribution < -0.4 is 5.32 Å². The minimum Gasteiger partial charge on any atom is -0.373 e. The highest BCUT2D eigenvalue weighted by atomic mass is 19.4. The molecule has 0 unspecified atom stereocenters. The lowest BCUT2D eigenvalue weighted by molar-refractivity contribution is -0.136. The number of rotatable bonds is 6. The molecule has 1 aliphatic heterocycles. The summed E-state index contributed by atoms with van der Waals surface area (Å²) in [7, 11) is 2.19. The monoisotopic (exact) mass is 476 g/mol. The zero-order valence-electron chi connectivity index (χ0n) is 20.4. The fourth-order valence-corrected chi connectivity index (χ4v) is 5.75. The Bertz CT molecular complexity index is 1020. The van der Waals surface area contributed by atoms with Crippen molar-refractivity contribution in [3.8, 4) is 0 Å². The maximum absolute atomic E-state index is 13.4. The number of halogens is 3. The Hall–Kier alpha value is -2.35. The Kier molecular flexibility index (Phi) is 7.08. The molecule has 1 saturated carbocycles. The maximum Gasteiger partial charge on any atom is 0.418 e. The van der Waals surface area contributed by atoms with Gasteiger partial charge in [-0.3, -0.25) is 9.78 Å². The second-order valence-electron chi connectivity index (χ2n) is 10.0. The molecule has 1 aliphatic carbocycles. The number of carbonyl (C=O) groups excluding carboxylic acids is 1. The summed E-state index contributed by atoms with van der Waals surface area (Å²) < 4.78 is 40.3. The van der Waals surface area contributed by atoms with Crippen molar-refractivity contribution in [1.29, 1.82) is 0 Å². The van der Waals surface area contributed by atoms with Gasteiger partial charge in [-0.15, -0.1) is 0 Å². The number of para-hydroxylation sites is 1. The average molecular weight is 477 g/mol. The van der Waals surface area contributed by atoms with Gasteiger partial charge in [0, 0.05) is 41.9 Å². The van der Waals surface area contributed by atoms with Crippen LogP contribution in [0.1, 0.15) is 58.4 Å². The molecule has 4 atom stereocenters. The van der Waals surface area contributed by atoms with Crippen molar-refractivity contribution in [2.45, 2.75) is 83.2 Å². The molecule has 1 saturated heterocycles. The van der Waals surface area contributed by atoms with Gasteiger partial charge in [-0.1, -0.05) is 25.5 Å². The highest BCUT2D eigenvalue weighted by Gasteiger charge is 2.42. The number of pyridine rings is 1. The third-order valence-electron chi connectivity index (χ3n) is 7.88. The lowest BCUT2D eigenvalue weighted by Crippen LogP contribution is -2.50. The van der Waals surface area contributed by atoms with Crippen molar-refractivity contribution >= 4 is 22.5 Å². The molecule has 2 aromatic rings. The van der Waals surface area contributed by atoms with Gasteiger partial charge in [-0.05, 0) is 64.6 Å². The first kappa shape index (κ1) is 24.8. The number of hydrogen-bond donors (Lipinski definition) is 1. The summed E-state index contributed by atoms with van der Waals surface area (Å²) in [6.45, 7) is 7.31. The van der Waals surface area contributed by atoms with Gasteiger partial charge in [0.25, 0.3) is 0 Å². The Balaban J connectivity index is 1.50.